The molecule has 0 aromatic carbocycles. The first-order chi connectivity index (χ1) is 5.37. The number of quaternary nitrogens is 1. The predicted octanol–water partition coefficient (Wildman–Crippen LogP) is -1.17. The van der Waals surface area contributed by atoms with Crippen molar-refractivity contribution in [2.45, 2.75) is 19.4 Å². The van der Waals surface area contributed by atoms with Crippen molar-refractivity contribution in [1.29, 1.82) is 0 Å². The van der Waals surface area contributed by atoms with E-state index in [4.69, 9.17) is 9.90 Å². The van der Waals surface area contributed by atoms with Crippen LogP contribution in [0.1, 0.15) is 13.3 Å². The summed E-state index contributed by atoms with van der Waals surface area (Å²) in [6.45, 7) is 2.34. The van der Waals surface area contributed by atoms with Crippen molar-refractivity contribution >= 4 is 6.47 Å². The van der Waals surface area contributed by atoms with Crippen LogP contribution in [0.2, 0.25) is 0 Å². The number of rotatable bonds is 3. The summed E-state index contributed by atoms with van der Waals surface area (Å²) in [6.07, 6.45) is 0.722. The highest BCUT2D eigenvalue weighted by Gasteiger charge is 2.12. The molecular formula is C8H19NO3. The number of aliphatic hydroxyl groups excluding tert-OH is 1. The van der Waals surface area contributed by atoms with E-state index in [0.29, 0.717) is 0 Å². The van der Waals surface area contributed by atoms with E-state index in [1.165, 1.54) is 0 Å². The van der Waals surface area contributed by atoms with E-state index in [2.05, 4.69) is 21.1 Å². The molecule has 0 radical (unpaired) electrons. The van der Waals surface area contributed by atoms with Gasteiger partial charge < -0.3 is 19.5 Å². The van der Waals surface area contributed by atoms with E-state index in [1.54, 1.807) is 0 Å². The van der Waals surface area contributed by atoms with Crippen LogP contribution in [0.4, 0.5) is 0 Å². The fourth-order valence-electron chi connectivity index (χ4n) is 0.761. The second-order valence-electron chi connectivity index (χ2n) is 3.63. The molecule has 1 atom stereocenters. The summed E-state index contributed by atoms with van der Waals surface area (Å²) in [5.41, 5.74) is 0. The zero-order chi connectivity index (χ0) is 10.2. The lowest BCUT2D eigenvalue weighted by Crippen LogP contribution is -2.41. The Balaban J connectivity index is 0. The highest BCUT2D eigenvalue weighted by Crippen LogP contribution is 1.97. The van der Waals surface area contributed by atoms with Gasteiger partial charge in [-0.15, -0.1) is 0 Å². The number of hydrogen-bond acceptors (Lipinski definition) is 3. The molecule has 0 aliphatic heterocycles. The van der Waals surface area contributed by atoms with Crippen LogP contribution in [0, 0.1) is 0 Å². The van der Waals surface area contributed by atoms with Gasteiger partial charge in [0.25, 0.3) is 0 Å². The van der Waals surface area contributed by atoms with Crippen LogP contribution < -0.4 is 5.11 Å². The maximum Gasteiger partial charge on any atom is 0.104 e. The number of carboxylic acid groups (broad SMARTS) is 1. The first kappa shape index (κ1) is 13.9. The van der Waals surface area contributed by atoms with Gasteiger partial charge in [0, 0.05) is 6.47 Å². The van der Waals surface area contributed by atoms with Crippen molar-refractivity contribution in [2.75, 3.05) is 27.7 Å². The van der Waals surface area contributed by atoms with E-state index >= 15 is 0 Å². The molecule has 0 aliphatic rings. The minimum Gasteiger partial charge on any atom is -0.554 e. The van der Waals surface area contributed by atoms with Gasteiger partial charge in [-0.2, -0.15) is 0 Å². The third kappa shape index (κ3) is 16.2. The van der Waals surface area contributed by atoms with E-state index in [0.717, 1.165) is 17.4 Å². The van der Waals surface area contributed by atoms with E-state index in [-0.39, 0.29) is 6.10 Å². The number of carbonyl (C=O) groups excluding carboxylic acids is 1. The van der Waals surface area contributed by atoms with Crippen LogP contribution in [0.5, 0.6) is 0 Å². The summed E-state index contributed by atoms with van der Waals surface area (Å²) in [7, 11) is 6.25. The topological polar surface area (TPSA) is 60.4 Å². The molecular weight excluding hydrogens is 158 g/mol. The minimum absolute atomic E-state index is 0.134. The maximum absolute atomic E-state index is 9.18. The molecule has 0 saturated carbocycles. The van der Waals surface area contributed by atoms with Gasteiger partial charge >= 0.3 is 0 Å². The normalized spacial score (nSPS) is 12.8. The Hall–Kier alpha value is -0.610. The maximum atomic E-state index is 9.18. The van der Waals surface area contributed by atoms with Crippen molar-refractivity contribution in [1.82, 2.24) is 0 Å². The molecule has 0 amide bonds. The number of hydrogen-bond donors (Lipinski definition) is 1. The SMILES string of the molecule is CCC(O)C[N+](C)(C)C.O=C[O-]. The standard InChI is InChI=1S/C7H18NO.CH2O2/c1-5-7(9)6-8(2,3)4;2-1-3/h7,9H,5-6H2,1-4H3;1H,(H,2,3)/q+1;/p-1. The van der Waals surface area contributed by atoms with Crippen molar-refractivity contribution in [3.8, 4) is 0 Å². The molecule has 0 fully saturated rings. The van der Waals surface area contributed by atoms with Crippen LogP contribution in [0.15, 0.2) is 0 Å². The van der Waals surface area contributed by atoms with Gasteiger partial charge in [-0.25, -0.2) is 0 Å². The molecule has 0 aromatic heterocycles. The highest BCUT2D eigenvalue weighted by atomic mass is 16.3. The van der Waals surface area contributed by atoms with Crippen LogP contribution in [0.3, 0.4) is 0 Å². The zero-order valence-electron chi connectivity index (χ0n) is 8.28. The highest BCUT2D eigenvalue weighted by molar-refractivity contribution is 5.29. The molecule has 0 saturated heterocycles. The second-order valence-corrected chi connectivity index (χ2v) is 3.63. The Labute approximate surface area is 74.0 Å². The van der Waals surface area contributed by atoms with Crippen molar-refractivity contribution < 1.29 is 19.5 Å². The summed E-state index contributed by atoms with van der Waals surface area (Å²) >= 11 is 0. The number of carbonyl (C=O) groups is 1. The predicted molar refractivity (Wildman–Crippen MR) is 45.3 cm³/mol. The van der Waals surface area contributed by atoms with Gasteiger partial charge in [0.1, 0.15) is 12.6 Å². The van der Waals surface area contributed by atoms with Gasteiger partial charge in [-0.3, -0.25) is 0 Å². The molecule has 0 aliphatic carbocycles. The minimum atomic E-state index is -0.500. The monoisotopic (exact) mass is 177 g/mol. The molecule has 0 aromatic rings. The molecule has 0 spiro atoms. The Bertz CT molecular complexity index is 109. The fraction of sp³-hybridized carbons (Fsp3) is 0.875. The first-order valence-corrected chi connectivity index (χ1v) is 3.91. The zero-order valence-corrected chi connectivity index (χ0v) is 8.28. The Morgan fingerprint density at radius 3 is 1.92 bits per heavy atom. The second kappa shape index (κ2) is 7.06. The van der Waals surface area contributed by atoms with Crippen LogP contribution >= 0.6 is 0 Å². The van der Waals surface area contributed by atoms with Crippen molar-refractivity contribution in [3.05, 3.63) is 0 Å². The lowest BCUT2D eigenvalue weighted by molar-refractivity contribution is -0.873. The third-order valence-corrected chi connectivity index (χ3v) is 1.23. The van der Waals surface area contributed by atoms with Gasteiger partial charge in [0.2, 0.25) is 0 Å². The van der Waals surface area contributed by atoms with Gasteiger partial charge in [0.05, 0.1) is 21.1 Å². The van der Waals surface area contributed by atoms with Crippen molar-refractivity contribution in [3.63, 3.8) is 0 Å². The molecule has 4 nitrogen and oxygen atoms in total. The quantitative estimate of drug-likeness (QED) is 0.436. The van der Waals surface area contributed by atoms with E-state index in [1.807, 2.05) is 6.92 Å². The largest absolute Gasteiger partial charge is 0.554 e. The average molecular weight is 177 g/mol. The van der Waals surface area contributed by atoms with Gasteiger partial charge in [0.15, 0.2) is 0 Å². The van der Waals surface area contributed by atoms with E-state index in [9.17, 15) is 5.11 Å². The lowest BCUT2D eigenvalue weighted by atomic mass is 10.2. The smallest absolute Gasteiger partial charge is 0.104 e. The van der Waals surface area contributed by atoms with Crippen LogP contribution in [-0.4, -0.2) is 49.9 Å². The lowest BCUT2D eigenvalue weighted by Gasteiger charge is -2.26. The molecule has 0 bridgehead atoms. The first-order valence-electron chi connectivity index (χ1n) is 3.91. The Morgan fingerprint density at radius 1 is 1.50 bits per heavy atom. The third-order valence-electron chi connectivity index (χ3n) is 1.23. The Kier molecular flexibility index (Phi) is 8.21. The summed E-state index contributed by atoms with van der Waals surface area (Å²) in [4.78, 5) is 8.25. The van der Waals surface area contributed by atoms with E-state index < -0.39 is 6.47 Å². The number of nitrogens with zero attached hydrogens (tertiary/aromatic N) is 1. The molecule has 74 valence electrons. The summed E-state index contributed by atoms with van der Waals surface area (Å²) in [5, 5.41) is 17.4. The fourth-order valence-corrected chi connectivity index (χ4v) is 0.761. The Morgan fingerprint density at radius 2 is 1.83 bits per heavy atom. The molecule has 0 heterocycles. The summed E-state index contributed by atoms with van der Waals surface area (Å²) in [6, 6.07) is 0. The van der Waals surface area contributed by atoms with Crippen molar-refractivity contribution in [2.24, 2.45) is 0 Å². The summed E-state index contributed by atoms with van der Waals surface area (Å²) < 4.78 is 0.842. The van der Waals surface area contributed by atoms with Crippen LogP contribution in [-0.2, 0) is 4.79 Å². The summed E-state index contributed by atoms with van der Waals surface area (Å²) in [5.74, 6) is 0. The molecule has 4 heteroatoms. The molecule has 12 heavy (non-hydrogen) atoms. The molecule has 1 N–H and O–H groups in total. The average Bonchev–Trinajstić information content (AvgIpc) is 1.86. The molecule has 1 unspecified atom stereocenters. The number of likely N-dealkylation sites (N-methyl/N-ethyl adjacent to an activating group) is 1. The van der Waals surface area contributed by atoms with Gasteiger partial charge in [-0.05, 0) is 6.42 Å². The molecule has 0 rings (SSSR count). The van der Waals surface area contributed by atoms with Crippen LogP contribution in [0.25, 0.3) is 0 Å². The van der Waals surface area contributed by atoms with Gasteiger partial charge in [-0.1, -0.05) is 6.92 Å². The number of aliphatic hydroxyl groups is 1.